The zero-order valence-corrected chi connectivity index (χ0v) is 10.0. The van der Waals surface area contributed by atoms with Crippen molar-refractivity contribution in [3.05, 3.63) is 35.4 Å². The Morgan fingerprint density at radius 3 is 2.94 bits per heavy atom. The first-order valence-electron chi connectivity index (χ1n) is 4.92. The quantitative estimate of drug-likeness (QED) is 0.261. The molecule has 88 valence electrons. The number of oxime groups is 1. The largest absolute Gasteiger partial charge is 0.409 e. The molecule has 0 aliphatic carbocycles. The summed E-state index contributed by atoms with van der Waals surface area (Å²) in [5.74, 6) is 1.92. The maximum Gasteiger partial charge on any atom is 0.170 e. The van der Waals surface area contributed by atoms with Crippen LogP contribution >= 0.6 is 11.8 Å². The maximum absolute atomic E-state index is 8.66. The highest BCUT2D eigenvalue weighted by Gasteiger charge is 2.05. The second kappa shape index (κ2) is 7.14. The molecular formula is C11H16N2O2S. The lowest BCUT2D eigenvalue weighted by atomic mass is 10.1. The average molecular weight is 240 g/mol. The number of nitrogens with zero attached hydrogens (tertiary/aromatic N) is 1. The molecule has 1 rings (SSSR count). The summed E-state index contributed by atoms with van der Waals surface area (Å²) in [5.41, 5.74) is 7.45. The number of thioether (sulfide) groups is 1. The number of hydrogen-bond donors (Lipinski definition) is 2. The standard InChI is InChI=1S/C11H16N2O2S/c1-15-6-7-16-8-9-4-2-3-5-10(9)11(12)13-14/h2-5,14H,6-8H2,1H3,(H2,12,13). The molecule has 0 heterocycles. The number of ether oxygens (including phenoxy) is 1. The third-order valence-corrected chi connectivity index (χ3v) is 3.06. The normalized spacial score (nSPS) is 11.7. The van der Waals surface area contributed by atoms with E-state index in [0.717, 1.165) is 29.2 Å². The number of rotatable bonds is 6. The van der Waals surface area contributed by atoms with Gasteiger partial charge in [-0.1, -0.05) is 29.4 Å². The van der Waals surface area contributed by atoms with Crippen LogP contribution in [0.25, 0.3) is 0 Å². The van der Waals surface area contributed by atoms with E-state index in [1.807, 2.05) is 24.3 Å². The molecule has 0 spiro atoms. The Balaban J connectivity index is 2.64. The van der Waals surface area contributed by atoms with Gasteiger partial charge < -0.3 is 15.7 Å². The van der Waals surface area contributed by atoms with Gasteiger partial charge in [0, 0.05) is 24.2 Å². The van der Waals surface area contributed by atoms with Gasteiger partial charge in [-0.15, -0.1) is 0 Å². The first-order chi connectivity index (χ1) is 7.79. The predicted octanol–water partition coefficient (Wildman–Crippen LogP) is 1.66. The predicted molar refractivity (Wildman–Crippen MR) is 67.0 cm³/mol. The summed E-state index contributed by atoms with van der Waals surface area (Å²) in [7, 11) is 1.69. The van der Waals surface area contributed by atoms with E-state index >= 15 is 0 Å². The minimum atomic E-state index is 0.156. The molecule has 0 aromatic heterocycles. The van der Waals surface area contributed by atoms with E-state index in [-0.39, 0.29) is 5.84 Å². The van der Waals surface area contributed by atoms with Crippen molar-refractivity contribution in [1.82, 2.24) is 0 Å². The van der Waals surface area contributed by atoms with E-state index in [4.69, 9.17) is 15.7 Å². The monoisotopic (exact) mass is 240 g/mol. The Bertz CT molecular complexity index is 356. The highest BCUT2D eigenvalue weighted by atomic mass is 32.2. The molecule has 0 radical (unpaired) electrons. The van der Waals surface area contributed by atoms with Crippen molar-refractivity contribution in [1.29, 1.82) is 0 Å². The molecule has 0 bridgehead atoms. The number of benzene rings is 1. The van der Waals surface area contributed by atoms with Crippen LogP contribution in [0.15, 0.2) is 29.4 Å². The highest BCUT2D eigenvalue weighted by molar-refractivity contribution is 7.98. The average Bonchev–Trinajstić information content (AvgIpc) is 2.34. The van der Waals surface area contributed by atoms with Gasteiger partial charge >= 0.3 is 0 Å². The van der Waals surface area contributed by atoms with Gasteiger partial charge in [-0.3, -0.25) is 0 Å². The van der Waals surface area contributed by atoms with Gasteiger partial charge in [-0.05, 0) is 5.56 Å². The van der Waals surface area contributed by atoms with Crippen molar-refractivity contribution in [3.8, 4) is 0 Å². The number of nitrogens with two attached hydrogens (primary N) is 1. The van der Waals surface area contributed by atoms with E-state index in [2.05, 4.69) is 5.16 Å². The summed E-state index contributed by atoms with van der Waals surface area (Å²) >= 11 is 1.76. The maximum atomic E-state index is 8.66. The molecular weight excluding hydrogens is 224 g/mol. The van der Waals surface area contributed by atoms with Crippen LogP contribution < -0.4 is 5.73 Å². The molecule has 0 aliphatic heterocycles. The van der Waals surface area contributed by atoms with Crippen LogP contribution in [-0.4, -0.2) is 30.5 Å². The van der Waals surface area contributed by atoms with Crippen LogP contribution in [0.4, 0.5) is 0 Å². The van der Waals surface area contributed by atoms with Crippen molar-refractivity contribution < 1.29 is 9.94 Å². The topological polar surface area (TPSA) is 67.8 Å². The zero-order chi connectivity index (χ0) is 11.8. The lowest BCUT2D eigenvalue weighted by molar-refractivity contribution is 0.218. The van der Waals surface area contributed by atoms with Crippen molar-refractivity contribution in [2.75, 3.05) is 19.5 Å². The van der Waals surface area contributed by atoms with E-state index in [1.165, 1.54) is 0 Å². The van der Waals surface area contributed by atoms with Crippen molar-refractivity contribution in [3.63, 3.8) is 0 Å². The van der Waals surface area contributed by atoms with Crippen molar-refractivity contribution >= 4 is 17.6 Å². The number of methoxy groups -OCH3 is 1. The first-order valence-corrected chi connectivity index (χ1v) is 6.07. The van der Waals surface area contributed by atoms with Crippen molar-refractivity contribution in [2.24, 2.45) is 10.9 Å². The molecule has 5 heteroatoms. The fraction of sp³-hybridized carbons (Fsp3) is 0.364. The molecule has 0 saturated heterocycles. The molecule has 1 aromatic carbocycles. The van der Waals surface area contributed by atoms with Crippen LogP contribution in [0.1, 0.15) is 11.1 Å². The van der Waals surface area contributed by atoms with E-state index < -0.39 is 0 Å². The number of amidine groups is 1. The van der Waals surface area contributed by atoms with Crippen LogP contribution in [0.2, 0.25) is 0 Å². The van der Waals surface area contributed by atoms with Crippen LogP contribution in [0.5, 0.6) is 0 Å². The fourth-order valence-electron chi connectivity index (χ4n) is 1.27. The summed E-state index contributed by atoms with van der Waals surface area (Å²) < 4.78 is 4.97. The van der Waals surface area contributed by atoms with Crippen LogP contribution in [0.3, 0.4) is 0 Å². The van der Waals surface area contributed by atoms with Crippen LogP contribution in [-0.2, 0) is 10.5 Å². The molecule has 0 saturated carbocycles. The second-order valence-electron chi connectivity index (χ2n) is 3.19. The summed E-state index contributed by atoms with van der Waals surface area (Å²) in [4.78, 5) is 0. The van der Waals surface area contributed by atoms with Crippen molar-refractivity contribution in [2.45, 2.75) is 5.75 Å². The third-order valence-electron chi connectivity index (χ3n) is 2.09. The second-order valence-corrected chi connectivity index (χ2v) is 4.29. The van der Waals surface area contributed by atoms with E-state index in [0.29, 0.717) is 0 Å². The third kappa shape index (κ3) is 3.75. The summed E-state index contributed by atoms with van der Waals surface area (Å²) in [5, 5.41) is 11.7. The van der Waals surface area contributed by atoms with Gasteiger partial charge in [0.1, 0.15) is 0 Å². The molecule has 0 amide bonds. The SMILES string of the molecule is COCCSCc1ccccc1/C(N)=N/O. The zero-order valence-electron chi connectivity index (χ0n) is 9.22. The smallest absolute Gasteiger partial charge is 0.170 e. The Kier molecular flexibility index (Phi) is 5.74. The molecule has 16 heavy (non-hydrogen) atoms. The Morgan fingerprint density at radius 1 is 1.50 bits per heavy atom. The molecule has 0 atom stereocenters. The van der Waals surface area contributed by atoms with Gasteiger partial charge in [0.25, 0.3) is 0 Å². The molecule has 3 N–H and O–H groups in total. The van der Waals surface area contributed by atoms with Gasteiger partial charge in [-0.25, -0.2) is 0 Å². The molecule has 1 aromatic rings. The molecule has 0 fully saturated rings. The minimum Gasteiger partial charge on any atom is -0.409 e. The lowest BCUT2D eigenvalue weighted by Gasteiger charge is -2.07. The van der Waals surface area contributed by atoms with Gasteiger partial charge in [0.2, 0.25) is 0 Å². The van der Waals surface area contributed by atoms with E-state index in [1.54, 1.807) is 18.9 Å². The molecule has 4 nitrogen and oxygen atoms in total. The Labute approximate surface area is 99.5 Å². The number of hydrogen-bond acceptors (Lipinski definition) is 4. The highest BCUT2D eigenvalue weighted by Crippen LogP contribution is 2.16. The Morgan fingerprint density at radius 2 is 2.25 bits per heavy atom. The van der Waals surface area contributed by atoms with E-state index in [9.17, 15) is 0 Å². The molecule has 0 unspecified atom stereocenters. The summed E-state index contributed by atoms with van der Waals surface area (Å²) in [6, 6.07) is 7.64. The van der Waals surface area contributed by atoms with Gasteiger partial charge in [-0.2, -0.15) is 11.8 Å². The first kappa shape index (κ1) is 12.9. The fourth-order valence-corrected chi connectivity index (χ4v) is 2.17. The van der Waals surface area contributed by atoms with Gasteiger partial charge in [0.05, 0.1) is 6.61 Å². The lowest BCUT2D eigenvalue weighted by Crippen LogP contribution is -2.15. The molecule has 0 aliphatic rings. The Hall–Kier alpha value is -1.20. The summed E-state index contributed by atoms with van der Waals surface area (Å²) in [6.45, 7) is 0.733. The minimum absolute atomic E-state index is 0.156. The van der Waals surface area contributed by atoms with Crippen LogP contribution in [0, 0.1) is 0 Å². The van der Waals surface area contributed by atoms with Gasteiger partial charge in [0.15, 0.2) is 5.84 Å². The summed E-state index contributed by atoms with van der Waals surface area (Å²) in [6.07, 6.45) is 0.